The third kappa shape index (κ3) is 4.89. The number of carbonyl (C=O) groups is 1. The Kier molecular flexibility index (Phi) is 6.44. The van der Waals surface area contributed by atoms with Crippen molar-refractivity contribution in [1.29, 1.82) is 0 Å². The lowest BCUT2D eigenvalue weighted by atomic mass is 10.2. The van der Waals surface area contributed by atoms with E-state index in [4.69, 9.17) is 37.8 Å². The van der Waals surface area contributed by atoms with Gasteiger partial charge in [0.25, 0.3) is 0 Å². The van der Waals surface area contributed by atoms with Gasteiger partial charge in [-0.15, -0.1) is 0 Å². The molecule has 0 unspecified atom stereocenters. The van der Waals surface area contributed by atoms with Gasteiger partial charge in [-0.25, -0.2) is 9.78 Å². The molecule has 6 nitrogen and oxygen atoms in total. The van der Waals surface area contributed by atoms with Crippen molar-refractivity contribution >= 4 is 40.2 Å². The molecule has 170 valence electrons. The number of benzene rings is 2. The highest BCUT2D eigenvalue weighted by atomic mass is 35.5. The van der Waals surface area contributed by atoms with E-state index in [1.165, 1.54) is 13.0 Å². The number of fused-ring (bicyclic) bond motifs is 1. The number of ether oxygens (including phenoxy) is 2. The third-order valence-electron chi connectivity index (χ3n) is 5.10. The van der Waals surface area contributed by atoms with Crippen LogP contribution in [0.15, 0.2) is 54.6 Å². The zero-order chi connectivity index (χ0) is 23.7. The highest BCUT2D eigenvalue weighted by Crippen LogP contribution is 2.36. The van der Waals surface area contributed by atoms with E-state index in [1.54, 1.807) is 48.5 Å². The number of hydrogen-bond donors (Lipinski definition) is 1. The number of nitrogens with zero attached hydrogens (tertiary/aromatic N) is 2. The Hall–Kier alpha value is -3.29. The van der Waals surface area contributed by atoms with Gasteiger partial charge in [-0.05, 0) is 67.9 Å². The second kappa shape index (κ2) is 9.29. The molecule has 4 aromatic rings. The first-order chi connectivity index (χ1) is 15.7. The number of aromatic nitrogens is 2. The maximum Gasteiger partial charge on any atom is 0.344 e. The van der Waals surface area contributed by atoms with Crippen molar-refractivity contribution in [3.8, 4) is 17.2 Å². The molecule has 0 fully saturated rings. The van der Waals surface area contributed by atoms with Crippen molar-refractivity contribution in [2.24, 2.45) is 0 Å². The summed E-state index contributed by atoms with van der Waals surface area (Å²) in [5.74, 6) is -0.350. The van der Waals surface area contributed by atoms with E-state index in [1.807, 2.05) is 11.5 Å². The van der Waals surface area contributed by atoms with Crippen molar-refractivity contribution < 1.29 is 23.8 Å². The molecule has 33 heavy (non-hydrogen) atoms. The van der Waals surface area contributed by atoms with Crippen LogP contribution in [0.2, 0.25) is 10.0 Å². The average molecular weight is 489 g/mol. The van der Waals surface area contributed by atoms with Crippen LogP contribution in [-0.4, -0.2) is 26.7 Å². The third-order valence-corrected chi connectivity index (χ3v) is 5.66. The molecule has 0 bridgehead atoms. The predicted molar refractivity (Wildman–Crippen MR) is 124 cm³/mol. The van der Waals surface area contributed by atoms with Crippen molar-refractivity contribution in [2.75, 3.05) is 0 Å². The summed E-state index contributed by atoms with van der Waals surface area (Å²) in [7, 11) is 0. The molecule has 0 aliphatic carbocycles. The number of carboxylic acid groups (broad SMARTS) is 1. The molecule has 1 N–H and O–H groups in total. The van der Waals surface area contributed by atoms with E-state index < -0.39 is 18.0 Å². The van der Waals surface area contributed by atoms with Crippen LogP contribution in [0, 0.1) is 12.9 Å². The van der Waals surface area contributed by atoms with Crippen LogP contribution < -0.4 is 9.47 Å². The fourth-order valence-corrected chi connectivity index (χ4v) is 3.68. The van der Waals surface area contributed by atoms with Gasteiger partial charge in [0.05, 0.1) is 16.1 Å². The molecule has 0 saturated carbocycles. The second-order valence-electron chi connectivity index (χ2n) is 7.42. The lowest BCUT2D eigenvalue weighted by molar-refractivity contribution is -0.144. The monoisotopic (exact) mass is 488 g/mol. The number of aliphatic carboxylic acids is 1. The van der Waals surface area contributed by atoms with Crippen molar-refractivity contribution in [3.05, 3.63) is 81.8 Å². The summed E-state index contributed by atoms with van der Waals surface area (Å²) < 4.78 is 27.4. The number of halogens is 3. The van der Waals surface area contributed by atoms with Crippen LogP contribution in [-0.2, 0) is 11.3 Å². The van der Waals surface area contributed by atoms with E-state index >= 15 is 0 Å². The Bertz CT molecular complexity index is 1340. The number of carboxylic acids is 1. The molecule has 2 heterocycles. The normalized spacial score (nSPS) is 12.0. The molecular weight excluding hydrogens is 470 g/mol. The number of hydrogen-bond acceptors (Lipinski definition) is 4. The summed E-state index contributed by atoms with van der Waals surface area (Å²) in [6.07, 6.45) is -1.07. The minimum absolute atomic E-state index is 0.245. The molecule has 9 heteroatoms. The van der Waals surface area contributed by atoms with Gasteiger partial charge in [-0.2, -0.15) is 4.39 Å². The fraction of sp³-hybridized carbons (Fsp3) is 0.167. The lowest BCUT2D eigenvalue weighted by Gasteiger charge is -2.14. The first kappa shape index (κ1) is 22.9. The van der Waals surface area contributed by atoms with Crippen LogP contribution in [0.1, 0.15) is 18.2 Å². The molecule has 0 radical (unpaired) electrons. The SMILES string of the molecule is Cc1c(Oc2ccc(Cl)cc2)c2ccc(F)nc2n1Cc1ccc(Cl)c(O[C@H](C)C(=O)O)c1. The molecule has 2 aromatic heterocycles. The van der Waals surface area contributed by atoms with Crippen LogP contribution in [0.5, 0.6) is 17.2 Å². The summed E-state index contributed by atoms with van der Waals surface area (Å²) in [6, 6.07) is 14.9. The topological polar surface area (TPSA) is 73.6 Å². The van der Waals surface area contributed by atoms with Crippen LogP contribution in [0.25, 0.3) is 11.0 Å². The summed E-state index contributed by atoms with van der Waals surface area (Å²) in [4.78, 5) is 15.2. The van der Waals surface area contributed by atoms with Crippen LogP contribution in [0.3, 0.4) is 0 Å². The van der Waals surface area contributed by atoms with E-state index in [0.717, 1.165) is 11.3 Å². The smallest absolute Gasteiger partial charge is 0.344 e. The summed E-state index contributed by atoms with van der Waals surface area (Å²) >= 11 is 12.1. The second-order valence-corrected chi connectivity index (χ2v) is 8.27. The number of pyridine rings is 1. The summed E-state index contributed by atoms with van der Waals surface area (Å²) in [5, 5.41) is 10.6. The summed E-state index contributed by atoms with van der Waals surface area (Å²) in [6.45, 7) is 3.57. The molecule has 0 aliphatic rings. The average Bonchev–Trinajstić information content (AvgIpc) is 3.02. The van der Waals surface area contributed by atoms with Gasteiger partial charge in [0.15, 0.2) is 11.9 Å². The molecule has 0 amide bonds. The molecule has 1 atom stereocenters. The molecule has 0 spiro atoms. The maximum absolute atomic E-state index is 14.0. The van der Waals surface area contributed by atoms with Gasteiger partial charge in [-0.3, -0.25) is 0 Å². The van der Waals surface area contributed by atoms with Gasteiger partial charge >= 0.3 is 5.97 Å². The highest BCUT2D eigenvalue weighted by Gasteiger charge is 2.20. The van der Waals surface area contributed by atoms with Crippen molar-refractivity contribution in [2.45, 2.75) is 26.5 Å². The highest BCUT2D eigenvalue weighted by molar-refractivity contribution is 6.32. The van der Waals surface area contributed by atoms with E-state index in [-0.39, 0.29) is 10.8 Å². The van der Waals surface area contributed by atoms with Gasteiger partial charge in [0.1, 0.15) is 17.1 Å². The molecule has 0 saturated heterocycles. The summed E-state index contributed by atoms with van der Waals surface area (Å²) in [5.41, 5.74) is 1.90. The van der Waals surface area contributed by atoms with Crippen LogP contribution >= 0.6 is 23.2 Å². The molecule has 4 rings (SSSR count). The minimum Gasteiger partial charge on any atom is -0.479 e. The first-order valence-corrected chi connectivity index (χ1v) is 10.7. The van der Waals surface area contributed by atoms with Crippen molar-refractivity contribution in [3.63, 3.8) is 0 Å². The Labute approximate surface area is 199 Å². The van der Waals surface area contributed by atoms with Gasteiger partial charge < -0.3 is 19.1 Å². The Morgan fingerprint density at radius 1 is 1.15 bits per heavy atom. The Morgan fingerprint density at radius 3 is 2.58 bits per heavy atom. The van der Waals surface area contributed by atoms with E-state index in [9.17, 15) is 9.18 Å². The standard InChI is InChI=1S/C24H19Cl2FN2O4/c1-13-22(33-17-6-4-16(25)5-7-17)18-8-10-21(27)28-23(18)29(13)12-15-3-9-19(26)20(11-15)32-14(2)24(30)31/h3-11,14H,12H2,1-2H3,(H,30,31)/t14-/m1/s1. The zero-order valence-corrected chi connectivity index (χ0v) is 19.2. The van der Waals surface area contributed by atoms with E-state index in [0.29, 0.717) is 34.1 Å². The largest absolute Gasteiger partial charge is 0.479 e. The lowest BCUT2D eigenvalue weighted by Crippen LogP contribution is -2.23. The minimum atomic E-state index is -1.10. The van der Waals surface area contributed by atoms with E-state index in [2.05, 4.69) is 4.98 Å². The number of rotatable bonds is 7. The van der Waals surface area contributed by atoms with Gasteiger partial charge in [0.2, 0.25) is 5.95 Å². The Morgan fingerprint density at radius 2 is 1.88 bits per heavy atom. The fourth-order valence-electron chi connectivity index (χ4n) is 3.39. The predicted octanol–water partition coefficient (Wildman–Crippen LogP) is 6.48. The Balaban J connectivity index is 1.74. The molecule has 0 aliphatic heterocycles. The van der Waals surface area contributed by atoms with Gasteiger partial charge in [-0.1, -0.05) is 29.3 Å². The van der Waals surface area contributed by atoms with Crippen LogP contribution in [0.4, 0.5) is 4.39 Å². The molecular formula is C24H19Cl2FN2O4. The van der Waals surface area contributed by atoms with Gasteiger partial charge in [0, 0.05) is 11.6 Å². The first-order valence-electron chi connectivity index (χ1n) is 9.99. The zero-order valence-electron chi connectivity index (χ0n) is 17.7. The maximum atomic E-state index is 14.0. The quantitative estimate of drug-likeness (QED) is 0.301. The van der Waals surface area contributed by atoms with Crippen molar-refractivity contribution in [1.82, 2.24) is 9.55 Å². The molecule has 2 aromatic carbocycles.